The Morgan fingerprint density at radius 1 is 1.36 bits per heavy atom. The van der Waals surface area contributed by atoms with Crippen LogP contribution >= 0.6 is 0 Å². The summed E-state index contributed by atoms with van der Waals surface area (Å²) >= 11 is 0. The SMILES string of the molecule is CCCCS(=O)(=O)c1cccc(O)c1. The van der Waals surface area contributed by atoms with Crippen LogP contribution in [0, 0.1) is 0 Å². The van der Waals surface area contributed by atoms with Crippen LogP contribution in [0.1, 0.15) is 19.8 Å². The first-order valence-electron chi connectivity index (χ1n) is 4.58. The normalized spacial score (nSPS) is 11.5. The van der Waals surface area contributed by atoms with Crippen molar-refractivity contribution in [3.05, 3.63) is 24.3 Å². The Morgan fingerprint density at radius 3 is 2.64 bits per heavy atom. The van der Waals surface area contributed by atoms with Crippen molar-refractivity contribution < 1.29 is 13.5 Å². The summed E-state index contributed by atoms with van der Waals surface area (Å²) < 4.78 is 23.3. The van der Waals surface area contributed by atoms with Crippen LogP contribution in [0.3, 0.4) is 0 Å². The molecule has 0 amide bonds. The van der Waals surface area contributed by atoms with Crippen LogP contribution in [0.2, 0.25) is 0 Å². The van der Waals surface area contributed by atoms with E-state index in [-0.39, 0.29) is 16.4 Å². The van der Waals surface area contributed by atoms with Gasteiger partial charge in [0.2, 0.25) is 0 Å². The molecule has 0 spiro atoms. The van der Waals surface area contributed by atoms with E-state index in [1.807, 2.05) is 6.92 Å². The molecule has 0 saturated carbocycles. The first-order valence-corrected chi connectivity index (χ1v) is 6.23. The van der Waals surface area contributed by atoms with Gasteiger partial charge in [-0.3, -0.25) is 0 Å². The van der Waals surface area contributed by atoms with Gasteiger partial charge < -0.3 is 5.11 Å². The lowest BCUT2D eigenvalue weighted by Gasteiger charge is -2.03. The topological polar surface area (TPSA) is 54.4 Å². The predicted molar refractivity (Wildman–Crippen MR) is 55.1 cm³/mol. The first kappa shape index (κ1) is 11.0. The predicted octanol–water partition coefficient (Wildman–Crippen LogP) is 1.97. The minimum Gasteiger partial charge on any atom is -0.508 e. The molecule has 0 bridgehead atoms. The highest BCUT2D eigenvalue weighted by Crippen LogP contribution is 2.17. The number of hydrogen-bond acceptors (Lipinski definition) is 3. The number of unbranched alkanes of at least 4 members (excludes halogenated alkanes) is 1. The molecular formula is C10H14O3S. The van der Waals surface area contributed by atoms with Gasteiger partial charge in [-0.1, -0.05) is 19.4 Å². The smallest absolute Gasteiger partial charge is 0.178 e. The van der Waals surface area contributed by atoms with E-state index in [2.05, 4.69) is 0 Å². The van der Waals surface area contributed by atoms with Crippen LogP contribution in [0.4, 0.5) is 0 Å². The van der Waals surface area contributed by atoms with Crippen LogP contribution in [-0.4, -0.2) is 19.3 Å². The lowest BCUT2D eigenvalue weighted by atomic mass is 10.3. The third kappa shape index (κ3) is 2.73. The molecule has 0 atom stereocenters. The van der Waals surface area contributed by atoms with E-state index < -0.39 is 9.84 Å². The third-order valence-electron chi connectivity index (χ3n) is 1.94. The number of rotatable bonds is 4. The Kier molecular flexibility index (Phi) is 3.52. The summed E-state index contributed by atoms with van der Waals surface area (Å²) in [5, 5.41) is 9.14. The lowest BCUT2D eigenvalue weighted by molar-refractivity contribution is 0.473. The molecule has 4 heteroatoms. The fraction of sp³-hybridized carbons (Fsp3) is 0.400. The molecule has 1 aromatic rings. The largest absolute Gasteiger partial charge is 0.508 e. The summed E-state index contributed by atoms with van der Waals surface area (Å²) in [7, 11) is -3.20. The number of hydrogen-bond donors (Lipinski definition) is 1. The summed E-state index contributed by atoms with van der Waals surface area (Å²) in [6, 6.07) is 5.78. The molecule has 0 aliphatic rings. The van der Waals surface area contributed by atoms with Crippen LogP contribution < -0.4 is 0 Å². The minimum absolute atomic E-state index is 0.0115. The zero-order valence-corrected chi connectivity index (χ0v) is 8.92. The average Bonchev–Trinajstić information content (AvgIpc) is 2.15. The van der Waals surface area contributed by atoms with Crippen molar-refractivity contribution in [2.24, 2.45) is 0 Å². The van der Waals surface area contributed by atoms with E-state index in [1.54, 1.807) is 0 Å². The Balaban J connectivity index is 2.93. The summed E-state index contributed by atoms with van der Waals surface area (Å²) in [5.41, 5.74) is 0. The number of phenolic OH excluding ortho intramolecular Hbond substituents is 1. The third-order valence-corrected chi connectivity index (χ3v) is 3.74. The molecule has 78 valence electrons. The zero-order chi connectivity index (χ0) is 10.6. The number of aromatic hydroxyl groups is 1. The Hall–Kier alpha value is -1.03. The van der Waals surface area contributed by atoms with Crippen molar-refractivity contribution in [3.63, 3.8) is 0 Å². The molecule has 3 nitrogen and oxygen atoms in total. The van der Waals surface area contributed by atoms with Gasteiger partial charge in [0.25, 0.3) is 0 Å². The van der Waals surface area contributed by atoms with Gasteiger partial charge in [0, 0.05) is 0 Å². The highest BCUT2D eigenvalue weighted by atomic mass is 32.2. The standard InChI is InChI=1S/C10H14O3S/c1-2-3-7-14(12,13)10-6-4-5-9(11)8-10/h4-6,8,11H,2-3,7H2,1H3. The van der Waals surface area contributed by atoms with E-state index in [1.165, 1.54) is 24.3 Å². The van der Waals surface area contributed by atoms with Gasteiger partial charge in [-0.15, -0.1) is 0 Å². The maximum Gasteiger partial charge on any atom is 0.178 e. The maximum atomic E-state index is 11.6. The van der Waals surface area contributed by atoms with Gasteiger partial charge in [0.1, 0.15) is 5.75 Å². The average molecular weight is 214 g/mol. The minimum atomic E-state index is -3.20. The quantitative estimate of drug-likeness (QED) is 0.833. The maximum absolute atomic E-state index is 11.6. The highest BCUT2D eigenvalue weighted by molar-refractivity contribution is 7.91. The van der Waals surface area contributed by atoms with E-state index in [0.29, 0.717) is 6.42 Å². The molecule has 0 heterocycles. The van der Waals surface area contributed by atoms with Crippen LogP contribution in [0.25, 0.3) is 0 Å². The molecule has 0 unspecified atom stereocenters. The van der Waals surface area contributed by atoms with Crippen molar-refractivity contribution in [1.29, 1.82) is 0 Å². The number of phenols is 1. The van der Waals surface area contributed by atoms with Gasteiger partial charge in [0.15, 0.2) is 9.84 Å². The van der Waals surface area contributed by atoms with Crippen molar-refractivity contribution in [1.82, 2.24) is 0 Å². The van der Waals surface area contributed by atoms with Gasteiger partial charge in [0.05, 0.1) is 10.6 Å². The number of sulfone groups is 1. The molecular weight excluding hydrogens is 200 g/mol. The van der Waals surface area contributed by atoms with Gasteiger partial charge in [-0.2, -0.15) is 0 Å². The molecule has 1 aromatic carbocycles. The summed E-state index contributed by atoms with van der Waals surface area (Å²) in [6.07, 6.45) is 1.50. The van der Waals surface area contributed by atoms with Crippen molar-refractivity contribution >= 4 is 9.84 Å². The summed E-state index contributed by atoms with van der Waals surface area (Å²) in [5.74, 6) is 0.134. The summed E-state index contributed by atoms with van der Waals surface area (Å²) in [6.45, 7) is 1.94. The second-order valence-electron chi connectivity index (χ2n) is 3.17. The molecule has 1 rings (SSSR count). The Labute approximate surface area is 84.3 Å². The molecule has 0 radical (unpaired) electrons. The summed E-state index contributed by atoms with van der Waals surface area (Å²) in [4.78, 5) is 0.200. The fourth-order valence-electron chi connectivity index (χ4n) is 1.13. The van der Waals surface area contributed by atoms with Crippen LogP contribution in [-0.2, 0) is 9.84 Å². The monoisotopic (exact) mass is 214 g/mol. The second-order valence-corrected chi connectivity index (χ2v) is 5.28. The Bertz CT molecular complexity index is 396. The molecule has 0 aromatic heterocycles. The molecule has 1 N–H and O–H groups in total. The van der Waals surface area contributed by atoms with Gasteiger partial charge >= 0.3 is 0 Å². The van der Waals surface area contributed by atoms with Crippen molar-refractivity contribution in [3.8, 4) is 5.75 Å². The highest BCUT2D eigenvalue weighted by Gasteiger charge is 2.13. The van der Waals surface area contributed by atoms with E-state index in [9.17, 15) is 8.42 Å². The molecule has 0 fully saturated rings. The Morgan fingerprint density at radius 2 is 2.07 bits per heavy atom. The molecule has 14 heavy (non-hydrogen) atoms. The second kappa shape index (κ2) is 4.46. The van der Waals surface area contributed by atoms with Crippen molar-refractivity contribution in [2.45, 2.75) is 24.7 Å². The lowest BCUT2D eigenvalue weighted by Crippen LogP contribution is -2.06. The number of benzene rings is 1. The van der Waals surface area contributed by atoms with Gasteiger partial charge in [-0.05, 0) is 24.6 Å². The van der Waals surface area contributed by atoms with E-state index in [0.717, 1.165) is 6.42 Å². The van der Waals surface area contributed by atoms with E-state index >= 15 is 0 Å². The van der Waals surface area contributed by atoms with Crippen molar-refractivity contribution in [2.75, 3.05) is 5.75 Å². The fourth-order valence-corrected chi connectivity index (χ4v) is 2.62. The zero-order valence-electron chi connectivity index (χ0n) is 8.10. The van der Waals surface area contributed by atoms with Crippen LogP contribution in [0.5, 0.6) is 5.75 Å². The molecule has 0 saturated heterocycles. The molecule has 0 aliphatic carbocycles. The van der Waals surface area contributed by atoms with Gasteiger partial charge in [-0.25, -0.2) is 8.42 Å². The van der Waals surface area contributed by atoms with Crippen LogP contribution in [0.15, 0.2) is 29.2 Å². The molecule has 0 aliphatic heterocycles. The first-order chi connectivity index (χ1) is 6.56. The van der Waals surface area contributed by atoms with E-state index in [4.69, 9.17) is 5.11 Å².